The third kappa shape index (κ3) is 4.15. The van der Waals surface area contributed by atoms with Crippen molar-refractivity contribution in [3.8, 4) is 0 Å². The van der Waals surface area contributed by atoms with Crippen molar-refractivity contribution >= 4 is 73.4 Å². The van der Waals surface area contributed by atoms with Crippen molar-refractivity contribution in [2.24, 2.45) is 0 Å². The SMILES string of the molecule is O=C(NN(Cn1c(=S)sc2ccccc21)Cn1c(=S)sc2ccccc21)c1ccncc1. The minimum atomic E-state index is -0.218. The smallest absolute Gasteiger partial charge is 0.265 e. The lowest BCUT2D eigenvalue weighted by atomic mass is 10.2. The first-order chi connectivity index (χ1) is 15.6. The summed E-state index contributed by atoms with van der Waals surface area (Å²) in [5.41, 5.74) is 5.63. The zero-order valence-corrected chi connectivity index (χ0v) is 19.9. The third-order valence-corrected chi connectivity index (χ3v) is 7.83. The van der Waals surface area contributed by atoms with Gasteiger partial charge in [0.2, 0.25) is 0 Å². The minimum Gasteiger partial charge on any atom is -0.308 e. The van der Waals surface area contributed by atoms with Crippen LogP contribution in [0.2, 0.25) is 0 Å². The monoisotopic (exact) mass is 495 g/mol. The molecule has 0 spiro atoms. The Kier molecular flexibility index (Phi) is 5.94. The first-order valence-corrected chi connectivity index (χ1v) is 12.2. The summed E-state index contributed by atoms with van der Waals surface area (Å²) in [7, 11) is 0. The Hall–Kier alpha value is -2.76. The lowest BCUT2D eigenvalue weighted by Gasteiger charge is -2.25. The van der Waals surface area contributed by atoms with Crippen molar-refractivity contribution in [2.45, 2.75) is 13.3 Å². The molecule has 1 N–H and O–H groups in total. The fourth-order valence-corrected chi connectivity index (χ4v) is 6.08. The van der Waals surface area contributed by atoms with Crippen LogP contribution in [-0.2, 0) is 13.3 Å². The first-order valence-electron chi connectivity index (χ1n) is 9.73. The van der Waals surface area contributed by atoms with E-state index in [1.807, 2.05) is 50.5 Å². The molecule has 0 saturated carbocycles. The van der Waals surface area contributed by atoms with E-state index in [2.05, 4.69) is 22.5 Å². The second kappa shape index (κ2) is 9.00. The van der Waals surface area contributed by atoms with Crippen LogP contribution in [-0.4, -0.2) is 25.0 Å². The van der Waals surface area contributed by atoms with Gasteiger partial charge in [-0.25, -0.2) is 0 Å². The number of nitrogens with zero attached hydrogens (tertiary/aromatic N) is 4. The van der Waals surface area contributed by atoms with E-state index in [4.69, 9.17) is 24.4 Å². The number of para-hydroxylation sites is 2. The van der Waals surface area contributed by atoms with Gasteiger partial charge in [0.25, 0.3) is 5.91 Å². The number of hydrogen-bond donors (Lipinski definition) is 1. The molecule has 0 radical (unpaired) electrons. The summed E-state index contributed by atoms with van der Waals surface area (Å²) in [5.74, 6) is -0.218. The van der Waals surface area contributed by atoms with Gasteiger partial charge in [0.1, 0.15) is 0 Å². The summed E-state index contributed by atoms with van der Waals surface area (Å²) in [6.45, 7) is 0.761. The van der Waals surface area contributed by atoms with Gasteiger partial charge in [-0.3, -0.25) is 15.2 Å². The van der Waals surface area contributed by atoms with E-state index in [0.29, 0.717) is 18.9 Å². The van der Waals surface area contributed by atoms with Crippen LogP contribution in [0.5, 0.6) is 0 Å². The van der Waals surface area contributed by atoms with Crippen LogP contribution in [0.25, 0.3) is 20.4 Å². The highest BCUT2D eigenvalue weighted by Gasteiger charge is 2.16. The summed E-state index contributed by atoms with van der Waals surface area (Å²) in [4.78, 5) is 17.0. The molecule has 3 aromatic heterocycles. The van der Waals surface area contributed by atoms with Crippen LogP contribution in [0.3, 0.4) is 0 Å². The lowest BCUT2D eigenvalue weighted by molar-refractivity contribution is 0.0629. The summed E-state index contributed by atoms with van der Waals surface area (Å²) < 4.78 is 7.76. The Bertz CT molecular complexity index is 1440. The van der Waals surface area contributed by atoms with Crippen LogP contribution in [0.1, 0.15) is 10.4 Å². The number of fused-ring (bicyclic) bond motifs is 2. The first kappa shape index (κ1) is 21.1. The average Bonchev–Trinajstić information content (AvgIpc) is 3.30. The zero-order chi connectivity index (χ0) is 22.1. The van der Waals surface area contributed by atoms with Gasteiger partial charge in [-0.15, -0.1) is 22.7 Å². The van der Waals surface area contributed by atoms with Crippen molar-refractivity contribution in [3.63, 3.8) is 0 Å². The molecule has 3 heterocycles. The molecule has 0 unspecified atom stereocenters. The molecule has 160 valence electrons. The Morgan fingerprint density at radius 2 is 1.34 bits per heavy atom. The normalized spacial score (nSPS) is 11.4. The van der Waals surface area contributed by atoms with Gasteiger partial charge in [0.05, 0.1) is 33.8 Å². The number of aromatic nitrogens is 3. The molecule has 0 aliphatic carbocycles. The molecule has 32 heavy (non-hydrogen) atoms. The highest BCUT2D eigenvalue weighted by atomic mass is 32.2. The number of benzene rings is 2. The standard InChI is InChI=1S/C22H17N5OS4/c28-20(15-9-11-23-12-10-15)24-25(13-26-16-5-1-3-7-18(16)31-21(26)29)14-27-17-6-2-4-8-19(17)32-22(27)30/h1-12H,13-14H2,(H,24,28). The molecule has 0 atom stereocenters. The number of carbonyl (C=O) groups excluding carboxylic acids is 1. The Labute approximate surface area is 202 Å². The molecule has 0 aliphatic rings. The summed E-state index contributed by atoms with van der Waals surface area (Å²) in [5, 5.41) is 1.84. The van der Waals surface area contributed by atoms with Crippen molar-refractivity contribution in [2.75, 3.05) is 0 Å². The predicted molar refractivity (Wildman–Crippen MR) is 135 cm³/mol. The number of thiazole rings is 2. The quantitative estimate of drug-likeness (QED) is 0.237. The fourth-order valence-electron chi connectivity index (χ4n) is 3.46. The predicted octanol–water partition coefficient (Wildman–Crippen LogP) is 5.84. The number of hydrazine groups is 1. The van der Waals surface area contributed by atoms with Crippen LogP contribution in [0, 0.1) is 7.91 Å². The largest absolute Gasteiger partial charge is 0.308 e. The maximum absolute atomic E-state index is 13.0. The lowest BCUT2D eigenvalue weighted by Crippen LogP contribution is -2.44. The minimum absolute atomic E-state index is 0.218. The maximum atomic E-state index is 13.0. The molecule has 0 saturated heterocycles. The zero-order valence-electron chi connectivity index (χ0n) is 16.7. The second-order valence-corrected chi connectivity index (χ2v) is 10.4. The number of rotatable bonds is 6. The van der Waals surface area contributed by atoms with Crippen LogP contribution < -0.4 is 5.43 Å². The third-order valence-electron chi connectivity index (χ3n) is 4.97. The van der Waals surface area contributed by atoms with Crippen LogP contribution in [0.15, 0.2) is 73.1 Å². The maximum Gasteiger partial charge on any atom is 0.265 e. The molecule has 6 nitrogen and oxygen atoms in total. The fraction of sp³-hybridized carbons (Fsp3) is 0.0909. The highest BCUT2D eigenvalue weighted by molar-refractivity contribution is 7.74. The average molecular weight is 496 g/mol. The second-order valence-electron chi connectivity index (χ2n) is 7.03. The number of amides is 1. The molecule has 0 fully saturated rings. The molecule has 5 aromatic rings. The molecular formula is C22H17N5OS4. The summed E-state index contributed by atoms with van der Waals surface area (Å²) in [6, 6.07) is 19.5. The number of nitrogens with one attached hydrogen (secondary N) is 1. The summed E-state index contributed by atoms with van der Waals surface area (Å²) >= 11 is 14.4. The van der Waals surface area contributed by atoms with Crippen molar-refractivity contribution in [1.29, 1.82) is 0 Å². The van der Waals surface area contributed by atoms with E-state index < -0.39 is 0 Å². The van der Waals surface area contributed by atoms with E-state index in [1.165, 1.54) is 0 Å². The van der Waals surface area contributed by atoms with Gasteiger partial charge in [0, 0.05) is 18.0 Å². The van der Waals surface area contributed by atoms with E-state index in [9.17, 15) is 4.79 Å². The van der Waals surface area contributed by atoms with Crippen molar-refractivity contribution in [3.05, 3.63) is 86.5 Å². The molecule has 2 aromatic carbocycles. The Balaban J connectivity index is 1.53. The molecule has 0 aliphatic heterocycles. The Morgan fingerprint density at radius 3 is 1.88 bits per heavy atom. The van der Waals surface area contributed by atoms with Crippen molar-refractivity contribution in [1.82, 2.24) is 24.6 Å². The molecule has 5 rings (SSSR count). The van der Waals surface area contributed by atoms with Gasteiger partial charge < -0.3 is 9.13 Å². The van der Waals surface area contributed by atoms with Gasteiger partial charge in [-0.05, 0) is 60.8 Å². The molecule has 1 amide bonds. The topological polar surface area (TPSA) is 55.1 Å². The van der Waals surface area contributed by atoms with Crippen molar-refractivity contribution < 1.29 is 4.79 Å². The number of hydrogen-bond acceptors (Lipinski definition) is 7. The van der Waals surface area contributed by atoms with Gasteiger partial charge >= 0.3 is 0 Å². The highest BCUT2D eigenvalue weighted by Crippen LogP contribution is 2.25. The number of pyridine rings is 1. The van der Waals surface area contributed by atoms with E-state index >= 15 is 0 Å². The molecule has 0 bridgehead atoms. The molecule has 10 heteroatoms. The number of carbonyl (C=O) groups is 1. The van der Waals surface area contributed by atoms with E-state index in [1.54, 1.807) is 47.2 Å². The Morgan fingerprint density at radius 1 is 0.844 bits per heavy atom. The van der Waals surface area contributed by atoms with Crippen LogP contribution >= 0.6 is 47.1 Å². The van der Waals surface area contributed by atoms with Crippen LogP contribution in [0.4, 0.5) is 0 Å². The van der Waals surface area contributed by atoms with E-state index in [0.717, 1.165) is 28.3 Å². The summed E-state index contributed by atoms with van der Waals surface area (Å²) in [6.07, 6.45) is 3.20. The van der Waals surface area contributed by atoms with Gasteiger partial charge in [0.15, 0.2) is 7.91 Å². The molecular weight excluding hydrogens is 479 g/mol. The van der Waals surface area contributed by atoms with Gasteiger partial charge in [-0.1, -0.05) is 24.3 Å². The van der Waals surface area contributed by atoms with Gasteiger partial charge in [-0.2, -0.15) is 5.01 Å². The van der Waals surface area contributed by atoms with E-state index in [-0.39, 0.29) is 5.91 Å².